The van der Waals surface area contributed by atoms with Crippen molar-refractivity contribution < 1.29 is 4.79 Å². The zero-order valence-corrected chi connectivity index (χ0v) is 12.9. The van der Waals surface area contributed by atoms with Crippen LogP contribution in [0.5, 0.6) is 0 Å². The number of hydrogen-bond donors (Lipinski definition) is 3. The van der Waals surface area contributed by atoms with Gasteiger partial charge in [0.15, 0.2) is 0 Å². The molecule has 1 rings (SSSR count). The lowest BCUT2D eigenvalue weighted by molar-refractivity contribution is 0.0919. The van der Waals surface area contributed by atoms with Gasteiger partial charge >= 0.3 is 0 Å². The zero-order chi connectivity index (χ0) is 15.3. The van der Waals surface area contributed by atoms with Gasteiger partial charge in [-0.1, -0.05) is 0 Å². The molecule has 5 N–H and O–H groups in total. The summed E-state index contributed by atoms with van der Waals surface area (Å²) in [6, 6.07) is 6.88. The largest absolute Gasteiger partial charge is 0.399 e. The smallest absolute Gasteiger partial charge is 0.251 e. The summed E-state index contributed by atoms with van der Waals surface area (Å²) in [5.74, 6) is -0.0718. The van der Waals surface area contributed by atoms with Crippen LogP contribution in [0.15, 0.2) is 24.3 Å². The highest BCUT2D eigenvalue weighted by Crippen LogP contribution is 2.07. The van der Waals surface area contributed by atoms with Crippen LogP contribution in [0, 0.1) is 0 Å². The predicted octanol–water partition coefficient (Wildman–Crippen LogP) is 2.54. The summed E-state index contributed by atoms with van der Waals surface area (Å²) in [7, 11) is 0. The molecule has 0 saturated carbocycles. The number of nitrogens with one attached hydrogen (secondary N) is 1. The summed E-state index contributed by atoms with van der Waals surface area (Å²) >= 11 is 0. The highest BCUT2D eigenvalue weighted by Gasteiger charge is 2.14. The lowest BCUT2D eigenvalue weighted by atomic mass is 10.1. The van der Waals surface area contributed by atoms with Gasteiger partial charge in [-0.15, -0.1) is 0 Å². The van der Waals surface area contributed by atoms with Crippen LogP contribution in [0.1, 0.15) is 51.9 Å². The number of benzene rings is 1. The van der Waals surface area contributed by atoms with Gasteiger partial charge in [0.25, 0.3) is 5.91 Å². The van der Waals surface area contributed by atoms with E-state index in [1.807, 2.05) is 41.5 Å². The average Bonchev–Trinajstić information content (AvgIpc) is 2.12. The Morgan fingerprint density at radius 2 is 1.37 bits per heavy atom. The van der Waals surface area contributed by atoms with E-state index in [0.29, 0.717) is 11.3 Å². The van der Waals surface area contributed by atoms with Crippen molar-refractivity contribution >= 4 is 11.6 Å². The molecule has 0 radical (unpaired) electrons. The second kappa shape index (κ2) is 6.57. The molecule has 1 aromatic carbocycles. The Kier molecular flexibility index (Phi) is 6.03. The van der Waals surface area contributed by atoms with Crippen molar-refractivity contribution in [3.05, 3.63) is 29.8 Å². The predicted molar refractivity (Wildman–Crippen MR) is 82.0 cm³/mol. The molecule has 0 saturated heterocycles. The van der Waals surface area contributed by atoms with Crippen LogP contribution in [0.3, 0.4) is 0 Å². The minimum absolute atomic E-state index is 0. The molecule has 0 atom stereocenters. The summed E-state index contributed by atoms with van der Waals surface area (Å²) < 4.78 is 0. The Morgan fingerprint density at radius 1 is 1.00 bits per heavy atom. The van der Waals surface area contributed by atoms with Gasteiger partial charge in [0.05, 0.1) is 0 Å². The maximum Gasteiger partial charge on any atom is 0.251 e. The Labute approximate surface area is 116 Å². The van der Waals surface area contributed by atoms with E-state index in [9.17, 15) is 4.79 Å². The second-order valence-electron chi connectivity index (χ2n) is 6.69. The number of carbonyl (C=O) groups is 1. The van der Waals surface area contributed by atoms with Crippen molar-refractivity contribution in [1.82, 2.24) is 5.32 Å². The minimum Gasteiger partial charge on any atom is -0.399 e. The first-order chi connectivity index (χ1) is 8.38. The molecular formula is C15H27N3O. The highest BCUT2D eigenvalue weighted by molar-refractivity contribution is 5.94. The number of amides is 1. The summed E-state index contributed by atoms with van der Waals surface area (Å²) in [4.78, 5) is 11.6. The van der Waals surface area contributed by atoms with Gasteiger partial charge in [-0.25, -0.2) is 0 Å². The van der Waals surface area contributed by atoms with Gasteiger partial charge in [0.2, 0.25) is 0 Å². The minimum atomic E-state index is -0.210. The third kappa shape index (κ3) is 11.3. The fourth-order valence-corrected chi connectivity index (χ4v) is 1.05. The Morgan fingerprint density at radius 3 is 1.68 bits per heavy atom. The van der Waals surface area contributed by atoms with Gasteiger partial charge in [-0.3, -0.25) is 4.79 Å². The van der Waals surface area contributed by atoms with E-state index in [1.54, 1.807) is 24.3 Å². The first kappa shape index (κ1) is 17.4. The number of carbonyl (C=O) groups excluding carboxylic acids is 1. The Bertz CT molecular complexity index is 391. The third-order valence-electron chi connectivity index (χ3n) is 1.66. The monoisotopic (exact) mass is 265 g/mol. The summed E-state index contributed by atoms with van der Waals surface area (Å²) in [6.07, 6.45) is 0. The number of anilines is 1. The molecule has 0 spiro atoms. The Hall–Kier alpha value is -1.55. The van der Waals surface area contributed by atoms with E-state index in [-0.39, 0.29) is 17.0 Å². The molecule has 19 heavy (non-hydrogen) atoms. The van der Waals surface area contributed by atoms with Crippen LogP contribution in [0.4, 0.5) is 5.69 Å². The van der Waals surface area contributed by atoms with Crippen LogP contribution < -0.4 is 16.8 Å². The second-order valence-corrected chi connectivity index (χ2v) is 6.69. The molecule has 0 bridgehead atoms. The lowest BCUT2D eigenvalue weighted by Crippen LogP contribution is -2.40. The van der Waals surface area contributed by atoms with Gasteiger partial charge in [-0.2, -0.15) is 0 Å². The first-order valence-corrected chi connectivity index (χ1v) is 6.35. The Balaban J connectivity index is 0.000000555. The molecule has 0 heterocycles. The van der Waals surface area contributed by atoms with Crippen LogP contribution in [-0.4, -0.2) is 17.0 Å². The fraction of sp³-hybridized carbons (Fsp3) is 0.533. The van der Waals surface area contributed by atoms with Gasteiger partial charge < -0.3 is 16.8 Å². The van der Waals surface area contributed by atoms with E-state index in [2.05, 4.69) is 5.32 Å². The molecular weight excluding hydrogens is 238 g/mol. The van der Waals surface area contributed by atoms with E-state index in [4.69, 9.17) is 11.5 Å². The molecule has 108 valence electrons. The molecule has 0 fully saturated rings. The highest BCUT2D eigenvalue weighted by atomic mass is 16.1. The van der Waals surface area contributed by atoms with E-state index in [0.717, 1.165) is 0 Å². The molecule has 0 aromatic heterocycles. The third-order valence-corrected chi connectivity index (χ3v) is 1.66. The van der Waals surface area contributed by atoms with Crippen molar-refractivity contribution in [3.8, 4) is 0 Å². The van der Waals surface area contributed by atoms with Crippen molar-refractivity contribution in [3.63, 3.8) is 0 Å². The van der Waals surface area contributed by atoms with Crippen molar-refractivity contribution in [2.75, 3.05) is 5.73 Å². The topological polar surface area (TPSA) is 81.1 Å². The van der Waals surface area contributed by atoms with Crippen LogP contribution in [-0.2, 0) is 0 Å². The fourth-order valence-electron chi connectivity index (χ4n) is 1.05. The van der Waals surface area contributed by atoms with E-state index >= 15 is 0 Å². The van der Waals surface area contributed by atoms with Gasteiger partial charge in [0, 0.05) is 22.3 Å². The standard InChI is InChI=1S/C11H16N2O.C4H11N/c1-11(2,3)13-10(14)8-4-6-9(12)7-5-8;1-4(2,3)5/h4-7H,12H2,1-3H3,(H,13,14);5H2,1-3H3. The maximum absolute atomic E-state index is 11.6. The zero-order valence-electron chi connectivity index (χ0n) is 12.9. The van der Waals surface area contributed by atoms with Crippen LogP contribution in [0.25, 0.3) is 0 Å². The quantitative estimate of drug-likeness (QED) is 0.682. The molecule has 0 unspecified atom stereocenters. The molecule has 1 amide bonds. The van der Waals surface area contributed by atoms with Crippen LogP contribution >= 0.6 is 0 Å². The first-order valence-electron chi connectivity index (χ1n) is 6.35. The number of hydrogen-bond acceptors (Lipinski definition) is 3. The van der Waals surface area contributed by atoms with Gasteiger partial charge in [0.1, 0.15) is 0 Å². The average molecular weight is 265 g/mol. The van der Waals surface area contributed by atoms with Gasteiger partial charge in [-0.05, 0) is 65.8 Å². The molecule has 0 aliphatic heterocycles. The molecule has 4 heteroatoms. The molecule has 1 aromatic rings. The number of nitrogens with two attached hydrogens (primary N) is 2. The van der Waals surface area contributed by atoms with Crippen molar-refractivity contribution in [1.29, 1.82) is 0 Å². The lowest BCUT2D eigenvalue weighted by Gasteiger charge is -2.20. The molecule has 0 aliphatic carbocycles. The number of rotatable bonds is 1. The normalized spacial score (nSPS) is 11.3. The van der Waals surface area contributed by atoms with Crippen molar-refractivity contribution in [2.45, 2.75) is 52.6 Å². The van der Waals surface area contributed by atoms with Crippen molar-refractivity contribution in [2.24, 2.45) is 5.73 Å². The number of nitrogen functional groups attached to an aromatic ring is 1. The summed E-state index contributed by atoms with van der Waals surface area (Å²) in [5, 5.41) is 2.88. The van der Waals surface area contributed by atoms with E-state index < -0.39 is 0 Å². The SMILES string of the molecule is CC(C)(C)N.CC(C)(C)NC(=O)c1ccc(N)cc1. The summed E-state index contributed by atoms with van der Waals surface area (Å²) in [5.41, 5.74) is 12.0. The molecule has 0 aliphatic rings. The maximum atomic E-state index is 11.6. The van der Waals surface area contributed by atoms with E-state index in [1.165, 1.54) is 0 Å². The molecule has 4 nitrogen and oxygen atoms in total. The van der Waals surface area contributed by atoms with Crippen LogP contribution in [0.2, 0.25) is 0 Å². The summed E-state index contributed by atoms with van der Waals surface area (Å²) in [6.45, 7) is 11.7.